The number of nitrogens with one attached hydrogen (secondary N) is 1. The minimum atomic E-state index is -3.66. The van der Waals surface area contributed by atoms with Crippen LogP contribution in [0.4, 0.5) is 0 Å². The van der Waals surface area contributed by atoms with Crippen LogP contribution in [0.3, 0.4) is 0 Å². The van der Waals surface area contributed by atoms with Crippen molar-refractivity contribution in [1.29, 1.82) is 0 Å². The van der Waals surface area contributed by atoms with E-state index in [1.54, 1.807) is 0 Å². The zero-order valence-electron chi connectivity index (χ0n) is 13.8. The van der Waals surface area contributed by atoms with Crippen molar-refractivity contribution >= 4 is 21.9 Å². The van der Waals surface area contributed by atoms with Crippen LogP contribution in [0.1, 0.15) is 36.0 Å². The van der Waals surface area contributed by atoms with Gasteiger partial charge in [-0.25, -0.2) is 13.2 Å². The number of sulfonamides is 1. The quantitative estimate of drug-likeness (QED) is 0.790. The van der Waals surface area contributed by atoms with E-state index in [2.05, 4.69) is 5.32 Å². The van der Waals surface area contributed by atoms with Gasteiger partial charge in [0, 0.05) is 25.6 Å². The van der Waals surface area contributed by atoms with Crippen molar-refractivity contribution in [1.82, 2.24) is 9.62 Å². The average molecular weight is 366 g/mol. The lowest BCUT2D eigenvalue weighted by Crippen LogP contribution is -2.43. The normalized spacial score (nSPS) is 19.5. The Labute approximate surface area is 147 Å². The van der Waals surface area contributed by atoms with Gasteiger partial charge in [0.15, 0.2) is 0 Å². The van der Waals surface area contributed by atoms with Gasteiger partial charge in [-0.05, 0) is 55.9 Å². The van der Waals surface area contributed by atoms with Crippen molar-refractivity contribution in [2.45, 2.75) is 30.6 Å². The highest BCUT2D eigenvalue weighted by Crippen LogP contribution is 2.28. The Bertz CT molecular complexity index is 748. The third-order valence-electron chi connectivity index (χ3n) is 4.83. The Kier molecular flexibility index (Phi) is 5.10. The van der Waals surface area contributed by atoms with E-state index in [0.29, 0.717) is 31.8 Å². The highest BCUT2D eigenvalue weighted by atomic mass is 32.2. The maximum atomic E-state index is 12.6. The van der Waals surface area contributed by atoms with Crippen molar-refractivity contribution in [2.75, 3.05) is 19.6 Å². The molecule has 1 amide bonds. The highest BCUT2D eigenvalue weighted by Gasteiger charge is 2.32. The molecule has 0 bridgehead atoms. The van der Waals surface area contributed by atoms with E-state index in [-0.39, 0.29) is 22.3 Å². The summed E-state index contributed by atoms with van der Waals surface area (Å²) >= 11 is 0. The number of hydrogen-bond donors (Lipinski definition) is 2. The van der Waals surface area contributed by atoms with Crippen molar-refractivity contribution in [3.8, 4) is 0 Å². The van der Waals surface area contributed by atoms with E-state index in [9.17, 15) is 18.0 Å². The first-order chi connectivity index (χ1) is 11.9. The lowest BCUT2D eigenvalue weighted by Gasteiger charge is -2.30. The molecule has 1 aliphatic carbocycles. The zero-order valence-corrected chi connectivity index (χ0v) is 14.7. The van der Waals surface area contributed by atoms with Gasteiger partial charge in [0.25, 0.3) is 0 Å². The Morgan fingerprint density at radius 1 is 1.08 bits per heavy atom. The molecule has 1 aromatic rings. The molecule has 0 atom stereocenters. The molecule has 1 aliphatic heterocycles. The Morgan fingerprint density at radius 3 is 2.20 bits per heavy atom. The smallest absolute Gasteiger partial charge is 0.335 e. The number of rotatable bonds is 6. The van der Waals surface area contributed by atoms with Crippen molar-refractivity contribution in [3.05, 3.63) is 29.8 Å². The molecule has 1 aromatic carbocycles. The number of carboxylic acid groups (broad SMARTS) is 1. The number of carbonyl (C=O) groups excluding carboxylic acids is 1. The number of carboxylic acids is 1. The van der Waals surface area contributed by atoms with Gasteiger partial charge in [0.1, 0.15) is 0 Å². The second kappa shape index (κ2) is 7.13. The highest BCUT2D eigenvalue weighted by molar-refractivity contribution is 7.89. The second-order valence-electron chi connectivity index (χ2n) is 6.70. The molecule has 136 valence electrons. The fourth-order valence-corrected chi connectivity index (χ4v) is 4.46. The van der Waals surface area contributed by atoms with E-state index in [0.717, 1.165) is 6.54 Å². The summed E-state index contributed by atoms with van der Waals surface area (Å²) in [6.45, 7) is 1.32. The fraction of sp³-hybridized carbons (Fsp3) is 0.529. The summed E-state index contributed by atoms with van der Waals surface area (Å²) in [5.41, 5.74) is 0.0463. The SMILES string of the molecule is O=C(O)c1ccc(S(=O)(=O)N2CCC(C(=O)NCC3CC3)CC2)cc1. The predicted octanol–water partition coefficient (Wildman–Crippen LogP) is 1.31. The average Bonchev–Trinajstić information content (AvgIpc) is 3.44. The maximum absolute atomic E-state index is 12.6. The van der Waals surface area contributed by atoms with Crippen LogP contribution in [0, 0.1) is 11.8 Å². The first kappa shape index (κ1) is 17.9. The number of hydrogen-bond acceptors (Lipinski definition) is 4. The van der Waals surface area contributed by atoms with Crippen molar-refractivity contribution in [2.24, 2.45) is 11.8 Å². The molecule has 2 aliphatic rings. The molecule has 0 spiro atoms. The third-order valence-corrected chi connectivity index (χ3v) is 6.74. The number of piperidine rings is 1. The van der Waals surface area contributed by atoms with E-state index in [4.69, 9.17) is 5.11 Å². The minimum absolute atomic E-state index is 0.0229. The molecule has 1 heterocycles. The van der Waals surface area contributed by atoms with Crippen molar-refractivity contribution in [3.63, 3.8) is 0 Å². The standard InChI is InChI=1S/C17H22N2O5S/c20-16(18-11-12-1-2-12)13-7-9-19(10-8-13)25(23,24)15-5-3-14(4-6-15)17(21)22/h3-6,12-13H,1-2,7-11H2,(H,18,20)(H,21,22). The molecule has 1 saturated carbocycles. The van der Waals surface area contributed by atoms with Crippen LogP contribution in [0.25, 0.3) is 0 Å². The molecule has 2 fully saturated rings. The number of amides is 1. The van der Waals surface area contributed by atoms with Crippen molar-refractivity contribution < 1.29 is 23.1 Å². The fourth-order valence-electron chi connectivity index (χ4n) is 2.99. The first-order valence-corrected chi connectivity index (χ1v) is 9.93. The topological polar surface area (TPSA) is 104 Å². The van der Waals surface area contributed by atoms with Gasteiger partial charge in [-0.1, -0.05) is 0 Å². The minimum Gasteiger partial charge on any atom is -0.478 e. The second-order valence-corrected chi connectivity index (χ2v) is 8.63. The summed E-state index contributed by atoms with van der Waals surface area (Å²) in [4.78, 5) is 23.1. The number of nitrogens with zero attached hydrogens (tertiary/aromatic N) is 1. The predicted molar refractivity (Wildman–Crippen MR) is 90.6 cm³/mol. The maximum Gasteiger partial charge on any atom is 0.335 e. The van der Waals surface area contributed by atoms with Gasteiger partial charge < -0.3 is 10.4 Å². The Morgan fingerprint density at radius 2 is 1.68 bits per heavy atom. The lowest BCUT2D eigenvalue weighted by atomic mass is 9.97. The molecule has 2 N–H and O–H groups in total. The van der Waals surface area contributed by atoms with Gasteiger partial charge >= 0.3 is 5.97 Å². The number of carbonyl (C=O) groups is 2. The molecule has 0 radical (unpaired) electrons. The molecular weight excluding hydrogens is 344 g/mol. The van der Waals surface area contributed by atoms with Gasteiger partial charge in [-0.2, -0.15) is 4.31 Å². The van der Waals surface area contributed by atoms with Crippen LogP contribution in [-0.4, -0.2) is 49.3 Å². The molecule has 1 saturated heterocycles. The first-order valence-electron chi connectivity index (χ1n) is 8.49. The molecule has 0 unspecified atom stereocenters. The van der Waals surface area contributed by atoms with Crippen LogP contribution in [0.15, 0.2) is 29.2 Å². The van der Waals surface area contributed by atoms with E-state index in [1.165, 1.54) is 41.4 Å². The molecule has 0 aromatic heterocycles. The van der Waals surface area contributed by atoms with Crippen LogP contribution in [-0.2, 0) is 14.8 Å². The van der Waals surface area contributed by atoms with Crippen LogP contribution in [0.5, 0.6) is 0 Å². The molecule has 3 rings (SSSR count). The van der Waals surface area contributed by atoms with Crippen LogP contribution in [0.2, 0.25) is 0 Å². The van der Waals surface area contributed by atoms with E-state index in [1.807, 2.05) is 0 Å². The molecular formula is C17H22N2O5S. The number of aromatic carboxylic acids is 1. The zero-order chi connectivity index (χ0) is 18.0. The summed E-state index contributed by atoms with van der Waals surface area (Å²) in [6, 6.07) is 5.20. The van der Waals surface area contributed by atoms with Gasteiger partial charge in [-0.15, -0.1) is 0 Å². The summed E-state index contributed by atoms with van der Waals surface area (Å²) < 4.78 is 26.7. The van der Waals surface area contributed by atoms with E-state index >= 15 is 0 Å². The van der Waals surface area contributed by atoms with Gasteiger partial charge in [0.2, 0.25) is 15.9 Å². The third kappa shape index (κ3) is 4.19. The summed E-state index contributed by atoms with van der Waals surface area (Å²) in [7, 11) is -3.66. The van der Waals surface area contributed by atoms with Crippen LogP contribution >= 0.6 is 0 Å². The lowest BCUT2D eigenvalue weighted by molar-refractivity contribution is -0.126. The van der Waals surface area contributed by atoms with Gasteiger partial charge in [0.05, 0.1) is 10.5 Å². The molecule has 25 heavy (non-hydrogen) atoms. The van der Waals surface area contributed by atoms with Crippen LogP contribution < -0.4 is 5.32 Å². The summed E-state index contributed by atoms with van der Waals surface area (Å²) in [6.07, 6.45) is 3.36. The Hall–Kier alpha value is -1.93. The Balaban J connectivity index is 1.58. The monoisotopic (exact) mass is 366 g/mol. The molecule has 8 heteroatoms. The molecule has 7 nitrogen and oxygen atoms in total. The van der Waals surface area contributed by atoms with Gasteiger partial charge in [-0.3, -0.25) is 4.79 Å². The number of benzene rings is 1. The summed E-state index contributed by atoms with van der Waals surface area (Å²) in [5, 5.41) is 11.8. The largest absolute Gasteiger partial charge is 0.478 e. The summed E-state index contributed by atoms with van der Waals surface area (Å²) in [5.74, 6) is -0.588. The van der Waals surface area contributed by atoms with E-state index < -0.39 is 16.0 Å².